The van der Waals surface area contributed by atoms with E-state index in [2.05, 4.69) is 12.2 Å². The minimum absolute atomic E-state index is 0. The summed E-state index contributed by atoms with van der Waals surface area (Å²) in [5.74, 6) is 0. The van der Waals surface area contributed by atoms with Gasteiger partial charge in [-0.1, -0.05) is 19.4 Å². The molecule has 0 aliphatic carbocycles. The smallest absolute Gasteiger partial charge is 0.142 e. The highest BCUT2D eigenvalue weighted by atomic mass is 16.1. The number of carbonyl (C=O) groups excluding carboxylic acids is 1. The maximum Gasteiger partial charge on any atom is 0.142 e. The Morgan fingerprint density at radius 2 is 2.27 bits per heavy atom. The zero-order chi connectivity index (χ0) is 7.82. The first kappa shape index (κ1) is 13.0. The quantitative estimate of drug-likeness (QED) is 0.478. The Hall–Kier alpha value is -0.670. The number of carbonyl (C=O) groups is 1. The largest absolute Gasteiger partial charge is 0.344 e. The summed E-state index contributed by atoms with van der Waals surface area (Å²) in [7, 11) is 1.90. The van der Waals surface area contributed by atoms with Gasteiger partial charge in [0.15, 0.2) is 0 Å². The molecule has 0 aliphatic rings. The first-order valence-corrected chi connectivity index (χ1v) is 3.64. The van der Waals surface area contributed by atoms with Crippen LogP contribution in [0.3, 0.4) is 0 Å². The molecule has 0 bridgehead atoms. The van der Waals surface area contributed by atoms with E-state index >= 15 is 0 Å². The molecule has 1 atom stereocenters. The standard InChI is InChI=1S/C8H15NO.H3N.2H2/c1-3-5-8(9-2)6-4-7-10;;;/h4,6-9H,3,5H2,1-2H3;1H3;2*1H/b6-4+;;;. The average molecular weight is 162 g/mol. The highest BCUT2D eigenvalue weighted by molar-refractivity contribution is 5.64. The SMILES string of the molecule is CCCC(/C=C/C=O)NC.N.[HH].[HH]. The molecule has 0 amide bonds. The molecule has 3 heteroatoms. The summed E-state index contributed by atoms with van der Waals surface area (Å²) in [6.07, 6.45) is 6.45. The molecule has 0 aromatic heterocycles. The van der Waals surface area contributed by atoms with Gasteiger partial charge in [-0.05, 0) is 19.5 Å². The number of aldehydes is 1. The molecule has 11 heavy (non-hydrogen) atoms. The van der Waals surface area contributed by atoms with Crippen LogP contribution in [0.5, 0.6) is 0 Å². The molecule has 0 spiro atoms. The van der Waals surface area contributed by atoms with Gasteiger partial charge in [-0.3, -0.25) is 4.79 Å². The lowest BCUT2D eigenvalue weighted by Gasteiger charge is -2.07. The first-order valence-electron chi connectivity index (χ1n) is 3.64. The zero-order valence-corrected chi connectivity index (χ0v) is 7.34. The van der Waals surface area contributed by atoms with Crippen LogP contribution in [-0.2, 0) is 4.79 Å². The second-order valence-corrected chi connectivity index (χ2v) is 2.20. The van der Waals surface area contributed by atoms with Gasteiger partial charge < -0.3 is 11.5 Å². The predicted octanol–water partition coefficient (Wildman–Crippen LogP) is 1.78. The molecule has 0 aromatic rings. The molecule has 0 aromatic carbocycles. The van der Waals surface area contributed by atoms with Crippen molar-refractivity contribution in [3.8, 4) is 0 Å². The van der Waals surface area contributed by atoms with E-state index in [0.29, 0.717) is 6.04 Å². The van der Waals surface area contributed by atoms with Crippen LogP contribution >= 0.6 is 0 Å². The maximum absolute atomic E-state index is 9.91. The van der Waals surface area contributed by atoms with E-state index in [9.17, 15) is 4.79 Å². The fourth-order valence-corrected chi connectivity index (χ4v) is 0.827. The van der Waals surface area contributed by atoms with Crippen molar-refractivity contribution in [1.82, 2.24) is 11.5 Å². The summed E-state index contributed by atoms with van der Waals surface area (Å²) in [5.41, 5.74) is 0. The van der Waals surface area contributed by atoms with Crippen molar-refractivity contribution < 1.29 is 7.65 Å². The highest BCUT2D eigenvalue weighted by Crippen LogP contribution is 1.96. The molecule has 3 nitrogen and oxygen atoms in total. The number of hydrogen-bond donors (Lipinski definition) is 2. The van der Waals surface area contributed by atoms with Crippen molar-refractivity contribution in [2.45, 2.75) is 25.8 Å². The van der Waals surface area contributed by atoms with Gasteiger partial charge in [0, 0.05) is 8.90 Å². The Labute approximate surface area is 71.4 Å². The third-order valence-corrected chi connectivity index (χ3v) is 1.39. The first-order chi connectivity index (χ1) is 4.85. The Morgan fingerprint density at radius 3 is 2.64 bits per heavy atom. The van der Waals surface area contributed by atoms with Crippen molar-refractivity contribution in [2.75, 3.05) is 7.05 Å². The van der Waals surface area contributed by atoms with Gasteiger partial charge in [-0.2, -0.15) is 0 Å². The van der Waals surface area contributed by atoms with Gasteiger partial charge >= 0.3 is 0 Å². The summed E-state index contributed by atoms with van der Waals surface area (Å²) in [5, 5.41) is 3.09. The molecule has 0 aliphatic heterocycles. The van der Waals surface area contributed by atoms with Crippen LogP contribution < -0.4 is 11.5 Å². The predicted molar refractivity (Wildman–Crippen MR) is 52.2 cm³/mol. The van der Waals surface area contributed by atoms with Crippen molar-refractivity contribution in [1.29, 1.82) is 0 Å². The van der Waals surface area contributed by atoms with Crippen LogP contribution in [0.1, 0.15) is 22.6 Å². The zero-order valence-electron chi connectivity index (χ0n) is 7.34. The molecule has 0 saturated heterocycles. The molecule has 4 N–H and O–H groups in total. The van der Waals surface area contributed by atoms with Gasteiger partial charge in [-0.25, -0.2) is 0 Å². The fraction of sp³-hybridized carbons (Fsp3) is 0.625. The highest BCUT2D eigenvalue weighted by Gasteiger charge is 1.96. The molecule has 0 heterocycles. The second-order valence-electron chi connectivity index (χ2n) is 2.20. The minimum Gasteiger partial charge on any atom is -0.344 e. The Morgan fingerprint density at radius 1 is 1.64 bits per heavy atom. The number of nitrogens with one attached hydrogen (secondary N) is 1. The van der Waals surface area contributed by atoms with Crippen LogP contribution in [0.2, 0.25) is 0 Å². The van der Waals surface area contributed by atoms with E-state index in [4.69, 9.17) is 0 Å². The maximum atomic E-state index is 9.91. The molecular formula is C8H22N2O. The van der Waals surface area contributed by atoms with Crippen molar-refractivity contribution in [3.05, 3.63) is 12.2 Å². The van der Waals surface area contributed by atoms with E-state index in [0.717, 1.165) is 19.1 Å². The van der Waals surface area contributed by atoms with Crippen LogP contribution in [0, 0.1) is 0 Å². The number of rotatable bonds is 5. The third kappa shape index (κ3) is 7.22. The molecule has 0 fully saturated rings. The lowest BCUT2D eigenvalue weighted by molar-refractivity contribution is -0.104. The van der Waals surface area contributed by atoms with E-state index in [-0.39, 0.29) is 9.00 Å². The minimum atomic E-state index is 0. The summed E-state index contributed by atoms with van der Waals surface area (Å²) < 4.78 is 0. The Balaban J connectivity index is -0.000000135. The molecule has 70 valence electrons. The molecule has 1 unspecified atom stereocenters. The van der Waals surface area contributed by atoms with Crippen LogP contribution in [0.4, 0.5) is 0 Å². The molecule has 0 rings (SSSR count). The topological polar surface area (TPSA) is 64.1 Å². The Kier molecular flexibility index (Phi) is 11.0. The Bertz CT molecular complexity index is 121. The lowest BCUT2D eigenvalue weighted by Crippen LogP contribution is -2.22. The van der Waals surface area contributed by atoms with Crippen LogP contribution in [-0.4, -0.2) is 19.4 Å². The number of likely N-dealkylation sites (N-methyl/N-ethyl adjacent to an activating group) is 1. The van der Waals surface area contributed by atoms with Gasteiger partial charge in [0.05, 0.1) is 0 Å². The number of allylic oxidation sites excluding steroid dienone is 1. The average Bonchev–Trinajstić information content (AvgIpc) is 1.98. The summed E-state index contributed by atoms with van der Waals surface area (Å²) in [4.78, 5) is 9.91. The van der Waals surface area contributed by atoms with E-state index in [1.54, 1.807) is 0 Å². The van der Waals surface area contributed by atoms with Crippen molar-refractivity contribution in [3.63, 3.8) is 0 Å². The van der Waals surface area contributed by atoms with E-state index < -0.39 is 0 Å². The second kappa shape index (κ2) is 9.33. The fourth-order valence-electron chi connectivity index (χ4n) is 0.827. The van der Waals surface area contributed by atoms with E-state index in [1.807, 2.05) is 13.1 Å². The van der Waals surface area contributed by atoms with Crippen LogP contribution in [0.15, 0.2) is 12.2 Å². The monoisotopic (exact) mass is 162 g/mol. The number of hydrogen-bond acceptors (Lipinski definition) is 3. The summed E-state index contributed by atoms with van der Waals surface area (Å²) in [6.45, 7) is 2.12. The van der Waals surface area contributed by atoms with Crippen molar-refractivity contribution >= 4 is 6.29 Å². The molecule has 0 saturated carbocycles. The lowest BCUT2D eigenvalue weighted by atomic mass is 10.1. The van der Waals surface area contributed by atoms with Gasteiger partial charge in [0.1, 0.15) is 6.29 Å². The van der Waals surface area contributed by atoms with Gasteiger partial charge in [-0.15, -0.1) is 0 Å². The summed E-state index contributed by atoms with van der Waals surface area (Å²) >= 11 is 0. The van der Waals surface area contributed by atoms with Crippen molar-refractivity contribution in [2.24, 2.45) is 0 Å². The van der Waals surface area contributed by atoms with Crippen LogP contribution in [0.25, 0.3) is 0 Å². The summed E-state index contributed by atoms with van der Waals surface area (Å²) in [6, 6.07) is 0.357. The van der Waals surface area contributed by atoms with Gasteiger partial charge in [0.25, 0.3) is 0 Å². The normalized spacial score (nSPS) is 12.5. The van der Waals surface area contributed by atoms with Gasteiger partial charge in [0.2, 0.25) is 0 Å². The molecular weight excluding hydrogens is 140 g/mol. The third-order valence-electron chi connectivity index (χ3n) is 1.39. The molecule has 0 radical (unpaired) electrons. The van der Waals surface area contributed by atoms with E-state index in [1.165, 1.54) is 6.08 Å².